The fraction of sp³-hybridized carbons (Fsp3) is 0.348. The first-order chi connectivity index (χ1) is 14.2. The fourth-order valence-electron chi connectivity index (χ4n) is 3.33. The van der Waals surface area contributed by atoms with Gasteiger partial charge >= 0.3 is 0 Å². The van der Waals surface area contributed by atoms with E-state index in [2.05, 4.69) is 15.7 Å². The summed E-state index contributed by atoms with van der Waals surface area (Å²) in [5.41, 5.74) is 1.44. The third kappa shape index (κ3) is 4.67. The van der Waals surface area contributed by atoms with Crippen LogP contribution in [0.3, 0.4) is 0 Å². The summed E-state index contributed by atoms with van der Waals surface area (Å²) in [5, 5.41) is 10.9. The second-order valence-corrected chi connectivity index (χ2v) is 8.32. The van der Waals surface area contributed by atoms with Gasteiger partial charge in [0.1, 0.15) is 11.9 Å². The number of nitrogens with one attached hydrogen (secondary N) is 2. The highest BCUT2D eigenvalue weighted by Crippen LogP contribution is 2.23. The van der Waals surface area contributed by atoms with Gasteiger partial charge in [0.2, 0.25) is 5.91 Å². The molecule has 7 heteroatoms. The van der Waals surface area contributed by atoms with E-state index in [0.717, 1.165) is 11.1 Å². The molecule has 1 atom stereocenters. The highest BCUT2D eigenvalue weighted by molar-refractivity contribution is 6.06. The zero-order chi connectivity index (χ0) is 21.9. The monoisotopic (exact) mass is 410 g/mol. The fourth-order valence-corrected chi connectivity index (χ4v) is 3.33. The van der Waals surface area contributed by atoms with E-state index in [-0.39, 0.29) is 17.4 Å². The van der Waals surface area contributed by atoms with Crippen LogP contribution in [0.5, 0.6) is 0 Å². The minimum Gasteiger partial charge on any atom is -0.355 e. The second kappa shape index (κ2) is 8.65. The van der Waals surface area contributed by atoms with Crippen molar-refractivity contribution < 1.29 is 14.0 Å². The van der Waals surface area contributed by atoms with Gasteiger partial charge in [0, 0.05) is 11.9 Å². The number of para-hydroxylation sites is 1. The van der Waals surface area contributed by atoms with Crippen LogP contribution < -0.4 is 10.6 Å². The number of amides is 2. The van der Waals surface area contributed by atoms with Crippen molar-refractivity contribution in [2.75, 3.05) is 6.54 Å². The van der Waals surface area contributed by atoms with Crippen LogP contribution in [-0.4, -0.2) is 34.2 Å². The molecule has 30 heavy (non-hydrogen) atoms. The van der Waals surface area contributed by atoms with E-state index in [1.165, 1.54) is 12.1 Å². The molecule has 0 radical (unpaired) electrons. The topological polar surface area (TPSA) is 76.0 Å². The highest BCUT2D eigenvalue weighted by Gasteiger charge is 2.33. The smallest absolute Gasteiger partial charge is 0.273 e. The lowest BCUT2D eigenvalue weighted by Gasteiger charge is -2.30. The van der Waals surface area contributed by atoms with E-state index in [0.29, 0.717) is 18.5 Å². The summed E-state index contributed by atoms with van der Waals surface area (Å²) in [6.07, 6.45) is 0. The van der Waals surface area contributed by atoms with Crippen molar-refractivity contribution in [3.63, 3.8) is 0 Å². The zero-order valence-corrected chi connectivity index (χ0v) is 17.7. The van der Waals surface area contributed by atoms with Crippen LogP contribution in [0.1, 0.15) is 43.7 Å². The van der Waals surface area contributed by atoms with Gasteiger partial charge in [0.25, 0.3) is 5.91 Å². The number of carbonyl (C=O) groups is 2. The van der Waals surface area contributed by atoms with Crippen LogP contribution in [0.15, 0.2) is 48.5 Å². The molecule has 0 aliphatic heterocycles. The largest absolute Gasteiger partial charge is 0.355 e. The molecule has 0 aliphatic rings. The summed E-state index contributed by atoms with van der Waals surface area (Å²) >= 11 is 0. The van der Waals surface area contributed by atoms with Crippen LogP contribution in [0.4, 0.5) is 4.39 Å². The Morgan fingerprint density at radius 1 is 1.10 bits per heavy atom. The third-order valence-electron chi connectivity index (χ3n) is 4.87. The molecule has 158 valence electrons. The van der Waals surface area contributed by atoms with Gasteiger partial charge < -0.3 is 10.6 Å². The van der Waals surface area contributed by atoms with Crippen LogP contribution >= 0.6 is 0 Å². The van der Waals surface area contributed by atoms with E-state index in [1.54, 1.807) is 16.8 Å². The molecule has 0 unspecified atom stereocenters. The van der Waals surface area contributed by atoms with Crippen LogP contribution in [0.2, 0.25) is 0 Å². The second-order valence-electron chi connectivity index (χ2n) is 8.32. The molecule has 3 aromatic rings. The summed E-state index contributed by atoms with van der Waals surface area (Å²) in [6, 6.07) is 12.9. The molecule has 1 aromatic heterocycles. The van der Waals surface area contributed by atoms with Gasteiger partial charge in [0.15, 0.2) is 5.69 Å². The maximum atomic E-state index is 13.2. The van der Waals surface area contributed by atoms with Gasteiger partial charge in [-0.25, -0.2) is 4.39 Å². The number of hydrogen-bond acceptors (Lipinski definition) is 3. The predicted octanol–water partition coefficient (Wildman–Crippen LogP) is 3.50. The van der Waals surface area contributed by atoms with Gasteiger partial charge in [0.05, 0.1) is 12.1 Å². The summed E-state index contributed by atoms with van der Waals surface area (Å²) in [5.74, 6) is -0.939. The molecule has 3 rings (SSSR count). The third-order valence-corrected chi connectivity index (χ3v) is 4.87. The lowest BCUT2D eigenvalue weighted by atomic mass is 9.86. The average molecular weight is 410 g/mol. The van der Waals surface area contributed by atoms with Crippen molar-refractivity contribution in [1.82, 2.24) is 20.4 Å². The first-order valence-electron chi connectivity index (χ1n) is 9.99. The molecule has 0 fully saturated rings. The summed E-state index contributed by atoms with van der Waals surface area (Å²) in [6.45, 7) is 8.42. The van der Waals surface area contributed by atoms with Crippen molar-refractivity contribution in [2.45, 2.75) is 40.3 Å². The molecule has 0 bridgehead atoms. The van der Waals surface area contributed by atoms with Gasteiger partial charge in [-0.3, -0.25) is 14.3 Å². The van der Waals surface area contributed by atoms with Gasteiger partial charge in [-0.05, 0) is 36.1 Å². The van der Waals surface area contributed by atoms with E-state index in [9.17, 15) is 14.0 Å². The molecule has 2 amide bonds. The minimum absolute atomic E-state index is 0.228. The van der Waals surface area contributed by atoms with Crippen LogP contribution in [-0.2, 0) is 11.3 Å². The first-order valence-corrected chi connectivity index (χ1v) is 9.99. The Kier molecular flexibility index (Phi) is 6.20. The van der Waals surface area contributed by atoms with E-state index in [1.807, 2.05) is 52.0 Å². The summed E-state index contributed by atoms with van der Waals surface area (Å²) < 4.78 is 14.9. The molecule has 2 N–H and O–H groups in total. The van der Waals surface area contributed by atoms with E-state index in [4.69, 9.17) is 0 Å². The molecule has 0 saturated heterocycles. The molecular weight excluding hydrogens is 383 g/mol. The van der Waals surface area contributed by atoms with Crippen molar-refractivity contribution >= 4 is 22.7 Å². The Labute approximate surface area is 175 Å². The van der Waals surface area contributed by atoms with E-state index >= 15 is 0 Å². The maximum absolute atomic E-state index is 13.2. The quantitative estimate of drug-likeness (QED) is 0.653. The number of rotatable bonds is 6. The predicted molar refractivity (Wildman–Crippen MR) is 115 cm³/mol. The number of hydrogen-bond donors (Lipinski definition) is 2. The van der Waals surface area contributed by atoms with Gasteiger partial charge in [-0.15, -0.1) is 0 Å². The molecule has 0 spiro atoms. The Bertz CT molecular complexity index is 1050. The molecule has 6 nitrogen and oxygen atoms in total. The Balaban J connectivity index is 1.94. The van der Waals surface area contributed by atoms with Gasteiger partial charge in [-0.2, -0.15) is 5.10 Å². The number of halogens is 1. The highest BCUT2D eigenvalue weighted by atomic mass is 19.1. The zero-order valence-electron chi connectivity index (χ0n) is 17.7. The molecule has 2 aromatic carbocycles. The number of fused-ring (bicyclic) bond motifs is 1. The maximum Gasteiger partial charge on any atom is 0.273 e. The number of aromatic nitrogens is 2. The van der Waals surface area contributed by atoms with Crippen LogP contribution in [0, 0.1) is 11.2 Å². The summed E-state index contributed by atoms with van der Waals surface area (Å²) in [4.78, 5) is 25.6. The van der Waals surface area contributed by atoms with Crippen molar-refractivity contribution in [1.29, 1.82) is 0 Å². The number of likely N-dealkylation sites (N-methyl/N-ethyl adjacent to an activating group) is 1. The summed E-state index contributed by atoms with van der Waals surface area (Å²) in [7, 11) is 0. The molecular formula is C23H27FN4O2. The SMILES string of the molecule is CCNC(=O)[C@@H](NC(=O)c1nn(Cc2ccc(F)cc2)c2ccccc12)C(C)(C)C. The average Bonchev–Trinajstić information content (AvgIpc) is 3.06. The number of carbonyl (C=O) groups excluding carboxylic acids is 2. The Morgan fingerprint density at radius 3 is 2.40 bits per heavy atom. The number of nitrogens with zero attached hydrogens (tertiary/aromatic N) is 2. The molecule has 0 saturated carbocycles. The lowest BCUT2D eigenvalue weighted by Crippen LogP contribution is -2.53. The van der Waals surface area contributed by atoms with Crippen LogP contribution in [0.25, 0.3) is 10.9 Å². The van der Waals surface area contributed by atoms with Crippen molar-refractivity contribution in [2.24, 2.45) is 5.41 Å². The van der Waals surface area contributed by atoms with Crippen molar-refractivity contribution in [3.8, 4) is 0 Å². The van der Waals surface area contributed by atoms with E-state index < -0.39 is 17.4 Å². The Morgan fingerprint density at radius 2 is 1.77 bits per heavy atom. The number of benzene rings is 2. The Hall–Kier alpha value is -3.22. The molecule has 1 heterocycles. The minimum atomic E-state index is -0.703. The standard InChI is InChI=1S/C23H27FN4O2/c1-5-25-22(30)20(23(2,3)4)26-21(29)19-17-8-6-7-9-18(17)28(27-19)14-15-10-12-16(24)13-11-15/h6-13,20H,5,14H2,1-4H3,(H,25,30)(H,26,29)/t20-/m1/s1. The normalized spacial score (nSPS) is 12.6. The first kappa shape index (κ1) is 21.5. The van der Waals surface area contributed by atoms with Crippen molar-refractivity contribution in [3.05, 3.63) is 65.6 Å². The lowest BCUT2D eigenvalue weighted by molar-refractivity contribution is -0.125. The van der Waals surface area contributed by atoms with Gasteiger partial charge in [-0.1, -0.05) is 51.1 Å². The molecule has 0 aliphatic carbocycles.